The number of nitrogens with zero attached hydrogens (tertiary/aromatic N) is 10. The van der Waals surface area contributed by atoms with Gasteiger partial charge in [0.25, 0.3) is 40.5 Å². The lowest BCUT2D eigenvalue weighted by molar-refractivity contribution is 0.279. The van der Waals surface area contributed by atoms with Crippen LogP contribution in [0.25, 0.3) is 0 Å². The van der Waals surface area contributed by atoms with Crippen LogP contribution in [-0.2, 0) is 40.5 Å². The second kappa shape index (κ2) is 22.4. The van der Waals surface area contributed by atoms with E-state index in [2.05, 4.69) is 61.2 Å². The summed E-state index contributed by atoms with van der Waals surface area (Å²) < 4.78 is 157. The predicted octanol–water partition coefficient (Wildman–Crippen LogP) is -1.35. The zero-order valence-electron chi connectivity index (χ0n) is 39.0. The van der Waals surface area contributed by atoms with Gasteiger partial charge in [0.15, 0.2) is 43.9 Å². The highest BCUT2D eigenvalue weighted by molar-refractivity contribution is 7.86. The third-order valence-electron chi connectivity index (χ3n) is 10.4. The van der Waals surface area contributed by atoms with Crippen molar-refractivity contribution in [3.8, 4) is 28.7 Å². The van der Waals surface area contributed by atoms with Gasteiger partial charge < -0.3 is 65.7 Å². The van der Waals surface area contributed by atoms with E-state index in [1.807, 2.05) is 0 Å². The molecule has 0 atom stereocenters. The summed E-state index contributed by atoms with van der Waals surface area (Å²) in [4.78, 5) is 35.1. The van der Waals surface area contributed by atoms with Crippen LogP contribution >= 0.6 is 0 Å². The Bertz CT molecular complexity index is 3610. The maximum atomic E-state index is 13.3. The van der Waals surface area contributed by atoms with E-state index < -0.39 is 136 Å². The summed E-state index contributed by atoms with van der Waals surface area (Å²) in [6.45, 7) is -1.52. The first kappa shape index (κ1) is 55.7. The smallest absolute Gasteiger partial charge is 0.300 e. The average Bonchev–Trinajstić information content (AvgIpc) is 3.31. The summed E-state index contributed by atoms with van der Waals surface area (Å²) >= 11 is 0. The van der Waals surface area contributed by atoms with E-state index in [1.165, 1.54) is 36.0 Å². The zero-order chi connectivity index (χ0) is 54.6. The largest absolute Gasteiger partial charge is 0.491 e. The van der Waals surface area contributed by atoms with Crippen LogP contribution in [0, 0.1) is 6.92 Å². The molecule has 0 amide bonds. The molecule has 3 aromatic carbocycles. The van der Waals surface area contributed by atoms with Gasteiger partial charge >= 0.3 is 0 Å². The van der Waals surface area contributed by atoms with Gasteiger partial charge in [0, 0.05) is 44.8 Å². The lowest BCUT2D eigenvalue weighted by atomic mass is 10.1. The quantitative estimate of drug-likeness (QED) is 0.0294. The highest BCUT2D eigenvalue weighted by Crippen LogP contribution is 2.49. The van der Waals surface area contributed by atoms with E-state index >= 15 is 0 Å². The molecule has 2 aliphatic heterocycles. The first-order chi connectivity index (χ1) is 35.4. The van der Waals surface area contributed by atoms with Crippen LogP contribution in [0.3, 0.4) is 0 Å². The van der Waals surface area contributed by atoms with Gasteiger partial charge in [-0.2, -0.15) is 63.6 Å². The second-order valence-electron chi connectivity index (χ2n) is 15.6. The number of aliphatic hydroxyl groups excluding tert-OH is 4. The number of aliphatic hydroxyl groups is 4. The summed E-state index contributed by atoms with van der Waals surface area (Å²) in [5.41, 5.74) is -1.14. The SMILES string of the molecule is COc1c2c(c(C)c3c1=Nc1ccc(Nc4nc(NCCS(=O)(=O)O)nc(N(CCO)CCO)n4)c(S(=O)(=O)O)c1O3)=Nc1ccc(Nc3nc(NCCS(=O)(=O)O)nc(N(CCO)CCO)n3)c(S(=O)(=O)O)c1O2. The molecule has 37 heteroatoms. The molecule has 5 aromatic rings. The number of rotatable bonds is 25. The van der Waals surface area contributed by atoms with Gasteiger partial charge in [-0.25, -0.2) is 9.98 Å². The Balaban J connectivity index is 1.31. The van der Waals surface area contributed by atoms with Crippen molar-refractivity contribution in [3.05, 3.63) is 40.5 Å². The number of anilines is 8. The normalized spacial score (nSPS) is 12.8. The number of methoxy groups -OCH3 is 1. The van der Waals surface area contributed by atoms with E-state index in [0.717, 1.165) is 12.1 Å². The van der Waals surface area contributed by atoms with E-state index in [0.29, 0.717) is 0 Å². The summed E-state index contributed by atoms with van der Waals surface area (Å²) in [7, 11) is -18.3. The molecule has 0 fully saturated rings. The molecular weight excluding hydrogens is 1080 g/mol. The van der Waals surface area contributed by atoms with E-state index in [9.17, 15) is 72.3 Å². The minimum Gasteiger partial charge on any atom is -0.491 e. The van der Waals surface area contributed by atoms with Crippen molar-refractivity contribution in [2.45, 2.75) is 16.7 Å². The Kier molecular flexibility index (Phi) is 16.7. The fourth-order valence-electron chi connectivity index (χ4n) is 7.26. The monoisotopic (exact) mass is 1130 g/mol. The summed E-state index contributed by atoms with van der Waals surface area (Å²) in [6.07, 6.45) is 0. The van der Waals surface area contributed by atoms with Crippen molar-refractivity contribution in [1.82, 2.24) is 29.9 Å². The van der Waals surface area contributed by atoms with Crippen molar-refractivity contribution >= 4 is 98.9 Å². The van der Waals surface area contributed by atoms with Crippen LogP contribution in [-0.4, -0.2) is 187 Å². The van der Waals surface area contributed by atoms with Crippen molar-refractivity contribution in [1.29, 1.82) is 0 Å². The van der Waals surface area contributed by atoms with Crippen LogP contribution in [0.1, 0.15) is 5.56 Å². The number of ether oxygens (including phenoxy) is 3. The molecule has 406 valence electrons. The number of nitrogens with one attached hydrogen (secondary N) is 4. The third-order valence-corrected chi connectivity index (χ3v) is 13.7. The molecule has 0 radical (unpaired) electrons. The predicted molar refractivity (Wildman–Crippen MR) is 261 cm³/mol. The molecule has 4 heterocycles. The molecular formula is C38H46N14O19S4. The van der Waals surface area contributed by atoms with Crippen LogP contribution in [0.4, 0.5) is 58.4 Å². The average molecular weight is 1130 g/mol. The van der Waals surface area contributed by atoms with Crippen molar-refractivity contribution in [2.75, 3.05) is 115 Å². The van der Waals surface area contributed by atoms with Crippen LogP contribution in [0.5, 0.6) is 28.7 Å². The fourth-order valence-corrected chi connectivity index (χ4v) is 9.54. The molecule has 33 nitrogen and oxygen atoms in total. The van der Waals surface area contributed by atoms with E-state index in [4.69, 9.17) is 14.2 Å². The Morgan fingerprint density at radius 3 is 1.29 bits per heavy atom. The molecule has 2 aromatic heterocycles. The van der Waals surface area contributed by atoms with Gasteiger partial charge in [-0.1, -0.05) is 0 Å². The molecule has 0 saturated heterocycles. The second-order valence-corrected chi connectivity index (χ2v) is 21.4. The van der Waals surface area contributed by atoms with Gasteiger partial charge in [-0.05, 0) is 31.2 Å². The number of hydrogen-bond donors (Lipinski definition) is 12. The lowest BCUT2D eigenvalue weighted by Gasteiger charge is -2.25. The first-order valence-corrected chi connectivity index (χ1v) is 27.7. The van der Waals surface area contributed by atoms with Crippen molar-refractivity contribution in [2.24, 2.45) is 9.98 Å². The van der Waals surface area contributed by atoms with E-state index in [1.54, 1.807) is 0 Å². The summed E-state index contributed by atoms with van der Waals surface area (Å²) in [6, 6.07) is 4.82. The molecule has 2 aliphatic rings. The molecule has 75 heavy (non-hydrogen) atoms. The number of hydrogen-bond acceptors (Lipinski definition) is 29. The molecule has 0 spiro atoms. The topological polar surface area (TPSA) is 483 Å². The Morgan fingerprint density at radius 1 is 0.533 bits per heavy atom. The minimum absolute atomic E-state index is 0.0703. The summed E-state index contributed by atoms with van der Waals surface area (Å²) in [5.74, 6) is -5.16. The standard InChI is InChI=1S/C38H46N14O19S4/c1-19-24-30(71-28-20(41-24)3-5-23(32(28)75(66,67)68)44-36-46-34(40-8-18-73(60,61)62)48-38(50-36)52(11-15-55)12-16-56)29(69-2)25-26(19)70-27-21(42-25)4-6-22(31(27)74(63,64)65)43-35-45-33(39-7-17-72(57,58)59)47-37(49-35)51(9-13-53)10-14-54/h3-6,53-56H,7-18H2,1-2H3,(H,57,58,59)(H,60,61,62)(H,63,64,65)(H,66,67,68)(H2,39,43,45,47,49)(H2,40,44,46,48,50). The van der Waals surface area contributed by atoms with Crippen LogP contribution < -0.4 is 56.0 Å². The first-order valence-electron chi connectivity index (χ1n) is 21.6. The van der Waals surface area contributed by atoms with Gasteiger partial charge in [0.2, 0.25) is 35.7 Å². The zero-order valence-corrected chi connectivity index (χ0v) is 42.2. The minimum atomic E-state index is -5.29. The molecule has 0 bridgehead atoms. The lowest BCUT2D eigenvalue weighted by Crippen LogP contribution is -2.32. The van der Waals surface area contributed by atoms with Crippen molar-refractivity contribution < 1.29 is 86.5 Å². The molecule has 0 saturated carbocycles. The highest BCUT2D eigenvalue weighted by Gasteiger charge is 2.35. The molecule has 0 unspecified atom stereocenters. The maximum Gasteiger partial charge on any atom is 0.300 e. The molecule has 7 rings (SSSR count). The van der Waals surface area contributed by atoms with E-state index in [-0.39, 0.29) is 94.9 Å². The Labute approximate surface area is 425 Å². The van der Waals surface area contributed by atoms with Gasteiger partial charge in [-0.15, -0.1) is 0 Å². The number of fused-ring (bicyclic) bond motifs is 4. The summed E-state index contributed by atoms with van der Waals surface area (Å²) in [5, 5.41) is 48.9. The molecule has 0 aliphatic carbocycles. The fraction of sp³-hybridized carbons (Fsp3) is 0.368. The number of aromatic nitrogens is 6. The van der Waals surface area contributed by atoms with Gasteiger partial charge in [0.05, 0.1) is 56.4 Å². The van der Waals surface area contributed by atoms with Gasteiger partial charge in [-0.3, -0.25) is 18.2 Å². The van der Waals surface area contributed by atoms with Gasteiger partial charge in [0.1, 0.15) is 16.7 Å². The maximum absolute atomic E-state index is 13.3. The Morgan fingerprint density at radius 2 is 0.920 bits per heavy atom. The molecule has 12 N–H and O–H groups in total. The van der Waals surface area contributed by atoms with Crippen LogP contribution in [0.15, 0.2) is 44.0 Å². The number of benzene rings is 3. The van der Waals surface area contributed by atoms with Crippen LogP contribution in [0.2, 0.25) is 0 Å². The third kappa shape index (κ3) is 13.1. The Hall–Kier alpha value is -7.04. The highest BCUT2D eigenvalue weighted by atomic mass is 32.2. The van der Waals surface area contributed by atoms with Crippen molar-refractivity contribution in [3.63, 3.8) is 0 Å².